The molecule has 1 atom stereocenters. The van der Waals surface area contributed by atoms with Gasteiger partial charge >= 0.3 is 0 Å². The molecule has 1 aliphatic heterocycles. The second-order valence-electron chi connectivity index (χ2n) is 9.27. The number of aromatic amines is 1. The van der Waals surface area contributed by atoms with E-state index in [0.717, 1.165) is 47.1 Å². The largest absolute Gasteiger partial charge is 0.384 e. The van der Waals surface area contributed by atoms with Crippen molar-refractivity contribution < 1.29 is 9.53 Å². The Hall–Kier alpha value is -4.24. The number of hydrogen-bond acceptors (Lipinski definition) is 6. The summed E-state index contributed by atoms with van der Waals surface area (Å²) in [5, 5.41) is 11.6. The van der Waals surface area contributed by atoms with Gasteiger partial charge in [-0.15, -0.1) is 0 Å². The number of ether oxygens (including phenoxy) is 1. The molecular weight excluding hydrogens is 466 g/mol. The molecule has 5 rings (SSSR count). The molecule has 0 radical (unpaired) electrons. The van der Waals surface area contributed by atoms with E-state index in [4.69, 9.17) is 20.9 Å². The Morgan fingerprint density at radius 1 is 1.24 bits per heavy atom. The van der Waals surface area contributed by atoms with Crippen molar-refractivity contribution in [2.75, 3.05) is 31.7 Å². The van der Waals surface area contributed by atoms with E-state index in [0.29, 0.717) is 42.7 Å². The highest BCUT2D eigenvalue weighted by molar-refractivity contribution is 6.07. The number of anilines is 1. The first kappa shape index (κ1) is 24.5. The molecule has 37 heavy (non-hydrogen) atoms. The van der Waals surface area contributed by atoms with Crippen LogP contribution in [0.5, 0.6) is 0 Å². The molecular formula is C28H31N7O2. The minimum atomic E-state index is -0.124. The van der Waals surface area contributed by atoms with Crippen LogP contribution in [0.15, 0.2) is 60.9 Å². The van der Waals surface area contributed by atoms with Crippen molar-refractivity contribution in [3.63, 3.8) is 0 Å². The van der Waals surface area contributed by atoms with Gasteiger partial charge in [0.15, 0.2) is 0 Å². The van der Waals surface area contributed by atoms with Crippen molar-refractivity contribution in [1.82, 2.24) is 20.3 Å². The van der Waals surface area contributed by atoms with Crippen LogP contribution in [0.2, 0.25) is 0 Å². The van der Waals surface area contributed by atoms with E-state index in [9.17, 15) is 4.79 Å². The lowest BCUT2D eigenvalue weighted by atomic mass is 10.1. The van der Waals surface area contributed by atoms with Crippen LogP contribution < -0.4 is 16.0 Å². The molecule has 2 aromatic heterocycles. The number of carbonyl (C=O) groups excluding carboxylic acids is 1. The number of nitrogens with two attached hydrogens (primary N) is 1. The maximum atomic E-state index is 12.7. The zero-order chi connectivity index (χ0) is 25.8. The first-order valence-electron chi connectivity index (χ1n) is 12.4. The average Bonchev–Trinajstić information content (AvgIpc) is 3.56. The van der Waals surface area contributed by atoms with E-state index in [1.807, 2.05) is 48.5 Å². The molecule has 5 N–H and O–H groups in total. The molecule has 2 aromatic carbocycles. The van der Waals surface area contributed by atoms with Crippen LogP contribution in [-0.2, 0) is 11.2 Å². The van der Waals surface area contributed by atoms with Crippen LogP contribution in [0.3, 0.4) is 0 Å². The maximum Gasteiger partial charge on any atom is 0.251 e. The topological polar surface area (TPSA) is 133 Å². The second-order valence-corrected chi connectivity index (χ2v) is 9.27. The number of amides is 1. The van der Waals surface area contributed by atoms with Crippen LogP contribution in [0.4, 0.5) is 5.95 Å². The third-order valence-electron chi connectivity index (χ3n) is 6.81. The number of nitrogens with one attached hydrogen (secondary N) is 3. The second kappa shape index (κ2) is 10.8. The molecule has 0 spiro atoms. The molecule has 4 aromatic rings. The van der Waals surface area contributed by atoms with Crippen molar-refractivity contribution >= 4 is 28.6 Å². The Morgan fingerprint density at radius 3 is 2.86 bits per heavy atom. The van der Waals surface area contributed by atoms with Gasteiger partial charge in [0.2, 0.25) is 5.95 Å². The van der Waals surface area contributed by atoms with Gasteiger partial charge in [0.05, 0.1) is 18.3 Å². The number of fused-ring (bicyclic) bond motifs is 1. The molecule has 1 amide bonds. The highest BCUT2D eigenvalue weighted by Crippen LogP contribution is 2.25. The van der Waals surface area contributed by atoms with Gasteiger partial charge in [-0.1, -0.05) is 18.2 Å². The minimum absolute atomic E-state index is 0.0321. The summed E-state index contributed by atoms with van der Waals surface area (Å²) < 4.78 is 5.36. The van der Waals surface area contributed by atoms with Gasteiger partial charge in [0.1, 0.15) is 5.84 Å². The predicted octanol–water partition coefficient (Wildman–Crippen LogP) is 3.50. The number of H-pyrrole nitrogens is 1. The summed E-state index contributed by atoms with van der Waals surface area (Å²) in [5.74, 6) is 0.623. The summed E-state index contributed by atoms with van der Waals surface area (Å²) in [5.41, 5.74) is 10.7. The van der Waals surface area contributed by atoms with E-state index in [-0.39, 0.29) is 11.7 Å². The fourth-order valence-electron chi connectivity index (χ4n) is 4.87. The smallest absolute Gasteiger partial charge is 0.251 e. The van der Waals surface area contributed by atoms with E-state index < -0.39 is 0 Å². The molecule has 0 bridgehead atoms. The number of nitrogen functional groups attached to an aromatic ring is 1. The van der Waals surface area contributed by atoms with Crippen LogP contribution in [0.1, 0.15) is 34.3 Å². The van der Waals surface area contributed by atoms with Crippen molar-refractivity contribution in [2.45, 2.75) is 25.3 Å². The first-order chi connectivity index (χ1) is 18.0. The van der Waals surface area contributed by atoms with Gasteiger partial charge < -0.3 is 25.7 Å². The number of amidine groups is 1. The van der Waals surface area contributed by atoms with Gasteiger partial charge in [-0.2, -0.15) is 0 Å². The lowest BCUT2D eigenvalue weighted by Gasteiger charge is -2.24. The molecule has 1 fully saturated rings. The molecule has 3 heterocycles. The standard InChI is InChI=1S/C28H31N7O2/c1-37-17-21-3-2-14-35(21)28-32-13-11-24(34-28)19-5-7-20(8-6-19)27(36)31-12-10-18-4-9-25-22(15-18)23(16-33-25)26(29)30/h4-9,11,13,15-16,21,33H,2-3,10,12,14,17H2,1H3,(H3,29,30)(H,31,36). The van der Waals surface area contributed by atoms with E-state index >= 15 is 0 Å². The van der Waals surface area contributed by atoms with Crippen molar-refractivity contribution in [2.24, 2.45) is 5.73 Å². The Labute approximate surface area is 215 Å². The number of aromatic nitrogens is 3. The number of carbonyl (C=O) groups is 1. The molecule has 9 heteroatoms. The zero-order valence-corrected chi connectivity index (χ0v) is 20.8. The van der Waals surface area contributed by atoms with E-state index in [1.165, 1.54) is 0 Å². The number of methoxy groups -OCH3 is 1. The third-order valence-corrected chi connectivity index (χ3v) is 6.81. The maximum absolute atomic E-state index is 12.7. The molecule has 1 aliphatic rings. The summed E-state index contributed by atoms with van der Waals surface area (Å²) in [7, 11) is 1.72. The fraction of sp³-hybridized carbons (Fsp3) is 0.286. The monoisotopic (exact) mass is 497 g/mol. The quantitative estimate of drug-likeness (QED) is 0.207. The fourth-order valence-corrected chi connectivity index (χ4v) is 4.87. The predicted molar refractivity (Wildman–Crippen MR) is 145 cm³/mol. The molecule has 0 saturated carbocycles. The van der Waals surface area contributed by atoms with E-state index in [2.05, 4.69) is 20.2 Å². The summed E-state index contributed by atoms with van der Waals surface area (Å²) >= 11 is 0. The third kappa shape index (κ3) is 5.31. The van der Waals surface area contributed by atoms with Crippen LogP contribution in [0, 0.1) is 5.41 Å². The Morgan fingerprint density at radius 2 is 2.08 bits per heavy atom. The minimum Gasteiger partial charge on any atom is -0.384 e. The van der Waals surface area contributed by atoms with Gasteiger partial charge in [0, 0.05) is 60.2 Å². The summed E-state index contributed by atoms with van der Waals surface area (Å²) in [6.07, 6.45) is 6.38. The van der Waals surface area contributed by atoms with E-state index in [1.54, 1.807) is 19.5 Å². The normalized spacial score (nSPS) is 15.3. The summed E-state index contributed by atoms with van der Waals surface area (Å²) in [4.78, 5) is 27.3. The lowest BCUT2D eigenvalue weighted by molar-refractivity contribution is 0.0954. The summed E-state index contributed by atoms with van der Waals surface area (Å²) in [6, 6.07) is 15.7. The highest BCUT2D eigenvalue weighted by Gasteiger charge is 2.26. The van der Waals surface area contributed by atoms with Crippen molar-refractivity contribution in [3.05, 3.63) is 77.6 Å². The zero-order valence-electron chi connectivity index (χ0n) is 20.8. The molecule has 0 aliphatic carbocycles. The first-order valence-corrected chi connectivity index (χ1v) is 12.4. The van der Waals surface area contributed by atoms with Crippen LogP contribution in [0.25, 0.3) is 22.2 Å². The number of rotatable bonds is 9. The Bertz CT molecular complexity index is 1410. The number of benzene rings is 2. The van der Waals surface area contributed by atoms with Crippen molar-refractivity contribution in [1.29, 1.82) is 5.41 Å². The lowest BCUT2D eigenvalue weighted by Crippen LogP contribution is -2.34. The van der Waals surface area contributed by atoms with Crippen LogP contribution in [-0.4, -0.2) is 59.5 Å². The molecule has 1 unspecified atom stereocenters. The SMILES string of the molecule is COCC1CCCN1c1nccc(-c2ccc(C(=O)NCCc3ccc4[nH]cc(C(=N)N)c4c3)cc2)n1. The Balaban J connectivity index is 1.20. The highest BCUT2D eigenvalue weighted by atomic mass is 16.5. The number of hydrogen-bond donors (Lipinski definition) is 4. The number of nitrogens with zero attached hydrogens (tertiary/aromatic N) is 3. The molecule has 1 saturated heterocycles. The molecule has 9 nitrogen and oxygen atoms in total. The van der Waals surface area contributed by atoms with Crippen LogP contribution >= 0.6 is 0 Å². The van der Waals surface area contributed by atoms with Crippen molar-refractivity contribution in [3.8, 4) is 11.3 Å². The van der Waals surface area contributed by atoms with Gasteiger partial charge in [-0.3, -0.25) is 10.2 Å². The molecule has 190 valence electrons. The Kier molecular flexibility index (Phi) is 7.14. The van der Waals surface area contributed by atoms with Gasteiger partial charge in [-0.05, 0) is 55.2 Å². The average molecular weight is 498 g/mol. The summed E-state index contributed by atoms with van der Waals surface area (Å²) in [6.45, 7) is 2.09. The van der Waals surface area contributed by atoms with Gasteiger partial charge in [-0.25, -0.2) is 9.97 Å². The van der Waals surface area contributed by atoms with Gasteiger partial charge in [0.25, 0.3) is 5.91 Å².